The van der Waals surface area contributed by atoms with Crippen molar-refractivity contribution in [3.63, 3.8) is 0 Å². The molecule has 2 atom stereocenters. The summed E-state index contributed by atoms with van der Waals surface area (Å²) in [6.07, 6.45) is -3.03. The summed E-state index contributed by atoms with van der Waals surface area (Å²) < 4.78 is 38.7. The van der Waals surface area contributed by atoms with Crippen LogP contribution in [0.25, 0.3) is 0 Å². The minimum Gasteiger partial charge on any atom is -0.481 e. The summed E-state index contributed by atoms with van der Waals surface area (Å²) in [6, 6.07) is 10.0. The molecule has 0 aliphatic carbocycles. The Kier molecular flexibility index (Phi) is 5.45. The van der Waals surface area contributed by atoms with E-state index in [1.54, 1.807) is 24.3 Å². The molecular weight excluding hydrogens is 371 g/mol. The second kappa shape index (κ2) is 7.66. The smallest absolute Gasteiger partial charge is 0.416 e. The molecule has 7 heteroatoms. The van der Waals surface area contributed by atoms with Gasteiger partial charge in [-0.05, 0) is 35.7 Å². The first-order valence-electron chi connectivity index (χ1n) is 9.05. The Labute approximate surface area is 160 Å². The van der Waals surface area contributed by atoms with Crippen molar-refractivity contribution in [2.75, 3.05) is 6.54 Å². The van der Waals surface area contributed by atoms with E-state index in [1.165, 1.54) is 17.0 Å². The SMILES string of the molecule is CCCCN1C(=O)c2ccccc2[C@@H](C(=O)O)[C@@H]1c1ccc(C(F)(F)F)cc1. The fraction of sp³-hybridized carbons (Fsp3) is 0.333. The Bertz CT molecular complexity index is 877. The average molecular weight is 391 g/mol. The Hall–Kier alpha value is -2.83. The molecule has 28 heavy (non-hydrogen) atoms. The molecule has 1 amide bonds. The number of unbranched alkanes of at least 4 members (excludes halogenated alkanes) is 1. The van der Waals surface area contributed by atoms with Gasteiger partial charge in [0.2, 0.25) is 0 Å². The molecule has 0 spiro atoms. The van der Waals surface area contributed by atoms with Crippen LogP contribution in [0.4, 0.5) is 13.2 Å². The second-order valence-electron chi connectivity index (χ2n) is 6.82. The number of amides is 1. The van der Waals surface area contributed by atoms with Gasteiger partial charge in [-0.3, -0.25) is 9.59 Å². The molecule has 4 nitrogen and oxygen atoms in total. The number of carbonyl (C=O) groups excluding carboxylic acids is 1. The van der Waals surface area contributed by atoms with Crippen molar-refractivity contribution in [1.82, 2.24) is 4.90 Å². The van der Waals surface area contributed by atoms with Gasteiger partial charge < -0.3 is 10.0 Å². The van der Waals surface area contributed by atoms with Crippen LogP contribution in [0.15, 0.2) is 48.5 Å². The maximum atomic E-state index is 13.1. The highest BCUT2D eigenvalue weighted by atomic mass is 19.4. The third kappa shape index (κ3) is 3.61. The van der Waals surface area contributed by atoms with Crippen LogP contribution < -0.4 is 0 Å². The van der Waals surface area contributed by atoms with Crippen molar-refractivity contribution in [2.24, 2.45) is 0 Å². The van der Waals surface area contributed by atoms with Gasteiger partial charge in [0.05, 0.1) is 11.6 Å². The van der Waals surface area contributed by atoms with Crippen LogP contribution in [0.3, 0.4) is 0 Å². The largest absolute Gasteiger partial charge is 0.481 e. The highest BCUT2D eigenvalue weighted by Gasteiger charge is 2.44. The van der Waals surface area contributed by atoms with E-state index in [9.17, 15) is 27.9 Å². The quantitative estimate of drug-likeness (QED) is 0.791. The summed E-state index contributed by atoms with van der Waals surface area (Å²) in [7, 11) is 0. The van der Waals surface area contributed by atoms with Gasteiger partial charge in [0.1, 0.15) is 5.92 Å². The number of fused-ring (bicyclic) bond motifs is 1. The number of benzene rings is 2. The summed E-state index contributed by atoms with van der Waals surface area (Å²) in [5.41, 5.74) is 0.275. The maximum absolute atomic E-state index is 13.1. The number of nitrogens with zero attached hydrogens (tertiary/aromatic N) is 1. The molecule has 0 saturated heterocycles. The summed E-state index contributed by atoms with van der Waals surface area (Å²) >= 11 is 0. The van der Waals surface area contributed by atoms with Gasteiger partial charge in [0.15, 0.2) is 0 Å². The van der Waals surface area contributed by atoms with Crippen molar-refractivity contribution in [3.8, 4) is 0 Å². The maximum Gasteiger partial charge on any atom is 0.416 e. The third-order valence-electron chi connectivity index (χ3n) is 5.04. The molecule has 0 bridgehead atoms. The van der Waals surface area contributed by atoms with E-state index < -0.39 is 29.7 Å². The van der Waals surface area contributed by atoms with Gasteiger partial charge in [-0.25, -0.2) is 0 Å². The van der Waals surface area contributed by atoms with Crippen LogP contribution in [-0.4, -0.2) is 28.4 Å². The lowest BCUT2D eigenvalue weighted by Crippen LogP contribution is -2.45. The highest BCUT2D eigenvalue weighted by molar-refractivity contribution is 6.00. The Morgan fingerprint density at radius 3 is 2.32 bits per heavy atom. The molecule has 0 unspecified atom stereocenters. The van der Waals surface area contributed by atoms with E-state index in [4.69, 9.17) is 0 Å². The van der Waals surface area contributed by atoms with Gasteiger partial charge in [-0.1, -0.05) is 43.7 Å². The predicted molar refractivity (Wildman–Crippen MR) is 96.9 cm³/mol. The number of carbonyl (C=O) groups is 2. The van der Waals surface area contributed by atoms with Crippen LogP contribution in [0, 0.1) is 0 Å². The number of rotatable bonds is 5. The predicted octanol–water partition coefficient (Wildman–Crippen LogP) is 4.87. The zero-order chi connectivity index (χ0) is 20.5. The highest BCUT2D eigenvalue weighted by Crippen LogP contribution is 2.43. The van der Waals surface area contributed by atoms with E-state index >= 15 is 0 Å². The molecule has 148 valence electrons. The lowest BCUT2D eigenvalue weighted by Gasteiger charge is -2.41. The van der Waals surface area contributed by atoms with Crippen molar-refractivity contribution < 1.29 is 27.9 Å². The van der Waals surface area contributed by atoms with Crippen LogP contribution in [0.1, 0.15) is 58.8 Å². The van der Waals surface area contributed by atoms with Crippen LogP contribution in [-0.2, 0) is 11.0 Å². The van der Waals surface area contributed by atoms with E-state index in [-0.39, 0.29) is 5.91 Å². The molecule has 0 aromatic heterocycles. The first-order chi connectivity index (χ1) is 13.3. The number of alkyl halides is 3. The molecule has 1 aliphatic heterocycles. The summed E-state index contributed by atoms with van der Waals surface area (Å²) in [4.78, 5) is 26.7. The van der Waals surface area contributed by atoms with Crippen molar-refractivity contribution >= 4 is 11.9 Å². The molecule has 0 saturated carbocycles. The van der Waals surface area contributed by atoms with Crippen LogP contribution in [0.5, 0.6) is 0 Å². The number of halogens is 3. The molecule has 0 fully saturated rings. The van der Waals surface area contributed by atoms with Crippen molar-refractivity contribution in [3.05, 3.63) is 70.8 Å². The Balaban J connectivity index is 2.13. The molecular formula is C21H20F3NO3. The third-order valence-corrected chi connectivity index (χ3v) is 5.04. The average Bonchev–Trinajstić information content (AvgIpc) is 2.66. The molecule has 1 N–H and O–H groups in total. The van der Waals surface area contributed by atoms with E-state index in [0.717, 1.165) is 18.6 Å². The molecule has 2 aromatic carbocycles. The van der Waals surface area contributed by atoms with Crippen molar-refractivity contribution in [2.45, 2.75) is 37.9 Å². The fourth-order valence-corrected chi connectivity index (χ4v) is 3.67. The number of carboxylic acid groups (broad SMARTS) is 1. The standard InChI is InChI=1S/C21H20F3NO3/c1-2-3-12-25-18(13-8-10-14(11-9-13)21(22,23)24)17(20(27)28)15-6-4-5-7-16(15)19(25)26/h4-11,17-18H,2-3,12H2,1H3,(H,27,28)/t17-,18+/m1/s1. The minimum atomic E-state index is -4.48. The first kappa shape index (κ1) is 19.9. The van der Waals surface area contributed by atoms with E-state index in [0.29, 0.717) is 29.7 Å². The molecule has 2 aromatic rings. The van der Waals surface area contributed by atoms with Gasteiger partial charge in [-0.15, -0.1) is 0 Å². The number of hydrogen-bond acceptors (Lipinski definition) is 2. The topological polar surface area (TPSA) is 57.6 Å². The summed E-state index contributed by atoms with van der Waals surface area (Å²) in [5, 5.41) is 9.91. The Morgan fingerprint density at radius 2 is 1.75 bits per heavy atom. The van der Waals surface area contributed by atoms with Crippen LogP contribution >= 0.6 is 0 Å². The lowest BCUT2D eigenvalue weighted by molar-refractivity contribution is -0.141. The normalized spacial score (nSPS) is 19.4. The van der Waals surface area contributed by atoms with Crippen LogP contribution in [0.2, 0.25) is 0 Å². The summed E-state index contributed by atoms with van der Waals surface area (Å²) in [6.45, 7) is 2.28. The minimum absolute atomic E-state index is 0.300. The first-order valence-corrected chi connectivity index (χ1v) is 9.05. The lowest BCUT2D eigenvalue weighted by atomic mass is 9.79. The van der Waals surface area contributed by atoms with Gasteiger partial charge in [0, 0.05) is 12.1 Å². The zero-order valence-corrected chi connectivity index (χ0v) is 15.2. The molecule has 0 radical (unpaired) electrons. The number of hydrogen-bond donors (Lipinski definition) is 1. The monoisotopic (exact) mass is 391 g/mol. The molecule has 1 heterocycles. The van der Waals surface area contributed by atoms with E-state index in [1.807, 2.05) is 6.92 Å². The van der Waals surface area contributed by atoms with Gasteiger partial charge >= 0.3 is 12.1 Å². The Morgan fingerprint density at radius 1 is 1.11 bits per heavy atom. The van der Waals surface area contributed by atoms with Crippen molar-refractivity contribution in [1.29, 1.82) is 0 Å². The van der Waals surface area contributed by atoms with Gasteiger partial charge in [-0.2, -0.15) is 13.2 Å². The number of aliphatic carboxylic acids is 1. The number of carboxylic acids is 1. The fourth-order valence-electron chi connectivity index (χ4n) is 3.67. The molecule has 1 aliphatic rings. The second-order valence-corrected chi connectivity index (χ2v) is 6.82. The van der Waals surface area contributed by atoms with Gasteiger partial charge in [0.25, 0.3) is 5.91 Å². The molecule has 3 rings (SSSR count). The van der Waals surface area contributed by atoms with E-state index in [2.05, 4.69) is 0 Å². The zero-order valence-electron chi connectivity index (χ0n) is 15.2. The summed E-state index contributed by atoms with van der Waals surface area (Å²) in [5.74, 6) is -2.47.